The maximum absolute atomic E-state index is 9.05. The van der Waals surface area contributed by atoms with E-state index in [1.807, 2.05) is 0 Å². The molecular weight excluding hydrogens is 559 g/mol. The number of rotatable bonds is 13. The van der Waals surface area contributed by atoms with Crippen LogP contribution in [0.15, 0.2) is 24.3 Å². The van der Waals surface area contributed by atoms with E-state index < -0.39 is 8.60 Å². The van der Waals surface area contributed by atoms with Crippen LogP contribution in [-0.4, -0.2) is 16.4 Å². The zero-order valence-electron chi connectivity index (χ0n) is 31.0. The standard InChI is InChI=1S/C40H67O3P/c1-15-28-24-31(37(3,4)5)35(32(25-28)38(6,7)8)30(22-20-18-17-19-21-23-43-44(41)42)36-33(39(9,10)11)26-29(16-2)27-34(36)40(12,13)14/h24-27,30,41-42H,15-23H2,1-14H3. The molecule has 0 radical (unpaired) electrons. The van der Waals surface area contributed by atoms with Crippen molar-refractivity contribution in [3.63, 3.8) is 0 Å². The molecule has 0 saturated carbocycles. The average molecular weight is 627 g/mol. The molecule has 0 bridgehead atoms. The van der Waals surface area contributed by atoms with Crippen LogP contribution in [-0.2, 0) is 39.0 Å². The molecule has 0 aliphatic carbocycles. The molecule has 3 nitrogen and oxygen atoms in total. The molecule has 0 atom stereocenters. The maximum atomic E-state index is 9.05. The summed E-state index contributed by atoms with van der Waals surface area (Å²) in [5, 5.41) is 0. The van der Waals surface area contributed by atoms with Gasteiger partial charge in [0.2, 0.25) is 0 Å². The second-order valence-corrected chi connectivity index (χ2v) is 17.9. The highest BCUT2D eigenvalue weighted by Crippen LogP contribution is 2.49. The molecule has 0 spiro atoms. The van der Waals surface area contributed by atoms with Gasteiger partial charge in [0.15, 0.2) is 0 Å². The first-order chi connectivity index (χ1) is 20.1. The van der Waals surface area contributed by atoms with Crippen molar-refractivity contribution in [2.45, 2.75) is 176 Å². The van der Waals surface area contributed by atoms with Crippen LogP contribution in [0.4, 0.5) is 0 Å². The van der Waals surface area contributed by atoms with Crippen LogP contribution in [0.25, 0.3) is 0 Å². The van der Waals surface area contributed by atoms with Crippen molar-refractivity contribution in [3.05, 3.63) is 68.8 Å². The first-order valence-electron chi connectivity index (χ1n) is 17.3. The fourth-order valence-electron chi connectivity index (χ4n) is 6.63. The second kappa shape index (κ2) is 15.6. The Bertz CT molecular complexity index is 1050. The predicted octanol–water partition coefficient (Wildman–Crippen LogP) is 11.7. The lowest BCUT2D eigenvalue weighted by Crippen LogP contribution is -2.28. The van der Waals surface area contributed by atoms with E-state index in [2.05, 4.69) is 121 Å². The van der Waals surface area contributed by atoms with Crippen molar-refractivity contribution in [2.75, 3.05) is 6.61 Å². The lowest BCUT2D eigenvalue weighted by molar-refractivity contribution is 0.248. The summed E-state index contributed by atoms with van der Waals surface area (Å²) in [6, 6.07) is 10.1. The van der Waals surface area contributed by atoms with Crippen LogP contribution in [0.5, 0.6) is 0 Å². The predicted molar refractivity (Wildman–Crippen MR) is 193 cm³/mol. The van der Waals surface area contributed by atoms with Gasteiger partial charge in [0.05, 0.1) is 6.61 Å². The van der Waals surface area contributed by atoms with E-state index in [4.69, 9.17) is 14.3 Å². The van der Waals surface area contributed by atoms with Crippen LogP contribution in [0, 0.1) is 0 Å². The Balaban J connectivity index is 2.90. The van der Waals surface area contributed by atoms with Crippen molar-refractivity contribution in [2.24, 2.45) is 0 Å². The van der Waals surface area contributed by atoms with Crippen LogP contribution < -0.4 is 0 Å². The fraction of sp³-hybridized carbons (Fsp3) is 0.700. The van der Waals surface area contributed by atoms with Gasteiger partial charge in [0.1, 0.15) is 0 Å². The summed E-state index contributed by atoms with van der Waals surface area (Å²) >= 11 is 0. The summed E-state index contributed by atoms with van der Waals surface area (Å²) in [7, 11) is -2.25. The minimum Gasteiger partial charge on any atom is -0.328 e. The molecular formula is C40H67O3P. The fourth-order valence-corrected chi connectivity index (χ4v) is 6.92. The van der Waals surface area contributed by atoms with Crippen molar-refractivity contribution in [1.82, 2.24) is 0 Å². The van der Waals surface area contributed by atoms with Gasteiger partial charge in [0, 0.05) is 5.92 Å². The van der Waals surface area contributed by atoms with Gasteiger partial charge in [-0.1, -0.05) is 147 Å². The third-order valence-corrected chi connectivity index (χ3v) is 9.48. The zero-order valence-corrected chi connectivity index (χ0v) is 31.9. The lowest BCUT2D eigenvalue weighted by Gasteiger charge is -2.40. The van der Waals surface area contributed by atoms with E-state index >= 15 is 0 Å². The third-order valence-electron chi connectivity index (χ3n) is 9.07. The summed E-state index contributed by atoms with van der Waals surface area (Å²) in [4.78, 5) is 18.1. The van der Waals surface area contributed by atoms with Crippen molar-refractivity contribution >= 4 is 8.60 Å². The number of unbranched alkanes of at least 4 members (excludes halogenated alkanes) is 4. The van der Waals surface area contributed by atoms with E-state index in [1.54, 1.807) is 11.1 Å². The van der Waals surface area contributed by atoms with E-state index in [0.717, 1.165) is 51.4 Å². The molecule has 0 aliphatic heterocycles. The van der Waals surface area contributed by atoms with E-state index in [0.29, 0.717) is 12.5 Å². The Morgan fingerprint density at radius 3 is 1.16 bits per heavy atom. The highest BCUT2D eigenvalue weighted by molar-refractivity contribution is 7.39. The molecule has 44 heavy (non-hydrogen) atoms. The lowest BCUT2D eigenvalue weighted by atomic mass is 9.65. The van der Waals surface area contributed by atoms with Crippen molar-refractivity contribution in [1.29, 1.82) is 0 Å². The van der Waals surface area contributed by atoms with Gasteiger partial charge < -0.3 is 14.3 Å². The van der Waals surface area contributed by atoms with E-state index in [1.165, 1.54) is 33.4 Å². The maximum Gasteiger partial charge on any atom is 0.327 e. The summed E-state index contributed by atoms with van der Waals surface area (Å²) in [5.41, 5.74) is 12.1. The first-order valence-corrected chi connectivity index (χ1v) is 18.5. The molecule has 0 fully saturated rings. The molecule has 2 aromatic rings. The highest BCUT2D eigenvalue weighted by atomic mass is 31.2. The minimum absolute atomic E-state index is 0.0186. The molecule has 0 amide bonds. The van der Waals surface area contributed by atoms with E-state index in [9.17, 15) is 0 Å². The Kier molecular flexibility index (Phi) is 13.8. The van der Waals surface area contributed by atoms with Gasteiger partial charge in [-0.15, -0.1) is 0 Å². The molecule has 2 N–H and O–H groups in total. The average Bonchev–Trinajstić information content (AvgIpc) is 2.88. The van der Waals surface area contributed by atoms with Gasteiger partial charge >= 0.3 is 8.60 Å². The molecule has 0 saturated heterocycles. The Hall–Kier alpha value is -1.25. The summed E-state index contributed by atoms with van der Waals surface area (Å²) in [6.07, 6.45) is 8.56. The summed E-state index contributed by atoms with van der Waals surface area (Å²) < 4.78 is 5.00. The van der Waals surface area contributed by atoms with Crippen LogP contribution in [0.1, 0.15) is 186 Å². The van der Waals surface area contributed by atoms with Crippen LogP contribution >= 0.6 is 8.60 Å². The van der Waals surface area contributed by atoms with Crippen molar-refractivity contribution < 1.29 is 14.3 Å². The van der Waals surface area contributed by atoms with Gasteiger partial charge in [-0.05, 0) is 91.9 Å². The Morgan fingerprint density at radius 1 is 0.545 bits per heavy atom. The summed E-state index contributed by atoms with van der Waals surface area (Å²) in [6.45, 7) is 33.8. The normalized spacial score (nSPS) is 13.4. The topological polar surface area (TPSA) is 49.7 Å². The third kappa shape index (κ3) is 10.7. The zero-order chi connectivity index (χ0) is 33.7. The first kappa shape index (κ1) is 38.9. The van der Waals surface area contributed by atoms with Crippen molar-refractivity contribution in [3.8, 4) is 0 Å². The quantitative estimate of drug-likeness (QED) is 0.172. The molecule has 0 unspecified atom stereocenters. The molecule has 4 heteroatoms. The van der Waals surface area contributed by atoms with Gasteiger partial charge in [-0.3, -0.25) is 0 Å². The van der Waals surface area contributed by atoms with Gasteiger partial charge in [-0.25, -0.2) is 0 Å². The van der Waals surface area contributed by atoms with Crippen LogP contribution in [0.3, 0.4) is 0 Å². The molecule has 0 heterocycles. The molecule has 250 valence electrons. The molecule has 0 aliphatic rings. The Morgan fingerprint density at radius 2 is 0.864 bits per heavy atom. The number of hydrogen-bond acceptors (Lipinski definition) is 3. The molecule has 2 rings (SSSR count). The highest BCUT2D eigenvalue weighted by Gasteiger charge is 2.36. The SMILES string of the molecule is CCc1cc(C(C)(C)C)c(C(CCCCCCCOP(O)O)c2c(C(C)(C)C)cc(CC)cc2C(C)(C)C)c(C(C)(C)C)c1. The minimum atomic E-state index is -2.25. The van der Waals surface area contributed by atoms with E-state index in [-0.39, 0.29) is 21.7 Å². The van der Waals surface area contributed by atoms with Gasteiger partial charge in [0.25, 0.3) is 0 Å². The second-order valence-electron chi connectivity index (χ2n) is 17.1. The van der Waals surface area contributed by atoms with Crippen LogP contribution in [0.2, 0.25) is 0 Å². The summed E-state index contributed by atoms with van der Waals surface area (Å²) in [5.74, 6) is 0.300. The van der Waals surface area contributed by atoms with Gasteiger partial charge in [-0.2, -0.15) is 0 Å². The monoisotopic (exact) mass is 626 g/mol. The molecule has 2 aromatic carbocycles. The number of hydrogen-bond donors (Lipinski definition) is 2. The largest absolute Gasteiger partial charge is 0.328 e. The number of benzene rings is 2. The number of aryl methyl sites for hydroxylation is 2. The Labute approximate surface area is 273 Å². The molecule has 0 aromatic heterocycles. The smallest absolute Gasteiger partial charge is 0.327 e.